The lowest BCUT2D eigenvalue weighted by Crippen LogP contribution is -1.87. The molecular weight excluding hydrogens is 276 g/mol. The Kier molecular flexibility index (Phi) is 3.07. The number of ketones is 1. The van der Waals surface area contributed by atoms with E-state index in [0.717, 1.165) is 16.7 Å². The predicted octanol–water partition coefficient (Wildman–Crippen LogP) is 3.90. The number of hydrogen-bond acceptors (Lipinski definition) is 3. The first-order valence-corrected chi connectivity index (χ1v) is 6.15. The van der Waals surface area contributed by atoms with Gasteiger partial charge in [-0.05, 0) is 34.1 Å². The van der Waals surface area contributed by atoms with Crippen LogP contribution in [-0.2, 0) is 6.42 Å². The second-order valence-electron chi connectivity index (χ2n) is 3.23. The summed E-state index contributed by atoms with van der Waals surface area (Å²) >= 11 is 5.07. The van der Waals surface area contributed by atoms with Crippen molar-refractivity contribution in [3.05, 3.63) is 44.4 Å². The van der Waals surface area contributed by atoms with Gasteiger partial charge in [-0.1, -0.05) is 0 Å². The molecule has 0 spiro atoms. The summed E-state index contributed by atoms with van der Waals surface area (Å²) in [5.74, 6) is 1.23. The zero-order valence-electron chi connectivity index (χ0n) is 8.12. The molecule has 4 heteroatoms. The van der Waals surface area contributed by atoms with Gasteiger partial charge in [-0.2, -0.15) is 0 Å². The van der Waals surface area contributed by atoms with Crippen LogP contribution < -0.4 is 0 Å². The minimum atomic E-state index is -0.0337. The Labute approximate surface area is 100 Å². The molecule has 0 atom stereocenters. The monoisotopic (exact) mass is 284 g/mol. The largest absolute Gasteiger partial charge is 0.458 e. The molecule has 0 N–H and O–H groups in total. The smallest absolute Gasteiger partial charge is 0.194 e. The molecule has 0 saturated carbocycles. The summed E-state index contributed by atoms with van der Waals surface area (Å²) in [7, 11) is 0. The van der Waals surface area contributed by atoms with Gasteiger partial charge in [-0.15, -0.1) is 11.3 Å². The predicted molar refractivity (Wildman–Crippen MR) is 63.5 cm³/mol. The molecule has 78 valence electrons. The van der Waals surface area contributed by atoms with Gasteiger partial charge in [0.25, 0.3) is 0 Å². The average molecular weight is 285 g/mol. The number of carbonyl (C=O) groups is 1. The summed E-state index contributed by atoms with van der Waals surface area (Å²) in [6, 6.07) is 5.63. The van der Waals surface area contributed by atoms with Crippen LogP contribution in [0.4, 0.5) is 0 Å². The molecule has 0 aliphatic heterocycles. The van der Waals surface area contributed by atoms with Gasteiger partial charge in [-0.25, -0.2) is 0 Å². The van der Waals surface area contributed by atoms with Gasteiger partial charge >= 0.3 is 0 Å². The maximum absolute atomic E-state index is 11.0. The van der Waals surface area contributed by atoms with Crippen molar-refractivity contribution in [1.29, 1.82) is 0 Å². The van der Waals surface area contributed by atoms with E-state index in [4.69, 9.17) is 4.42 Å². The van der Waals surface area contributed by atoms with E-state index in [2.05, 4.69) is 22.0 Å². The van der Waals surface area contributed by atoms with E-state index < -0.39 is 0 Å². The minimum absolute atomic E-state index is 0.0337. The highest BCUT2D eigenvalue weighted by molar-refractivity contribution is 9.10. The van der Waals surface area contributed by atoms with Crippen molar-refractivity contribution in [2.45, 2.75) is 13.3 Å². The minimum Gasteiger partial charge on any atom is -0.458 e. The standard InChI is InChI=1S/C11H9BrO2S/c1-7(13)11-3-2-9(14-11)5-10-4-8(12)6-15-10/h2-4,6H,5H2,1H3. The third-order valence-corrected chi connectivity index (χ3v) is 3.68. The molecule has 2 nitrogen and oxygen atoms in total. The molecule has 15 heavy (non-hydrogen) atoms. The van der Waals surface area contributed by atoms with Gasteiger partial charge in [0, 0.05) is 28.1 Å². The Hall–Kier alpha value is -0.870. The van der Waals surface area contributed by atoms with E-state index in [1.165, 1.54) is 11.8 Å². The quantitative estimate of drug-likeness (QED) is 0.801. The summed E-state index contributed by atoms with van der Waals surface area (Å²) in [6.07, 6.45) is 0.740. The summed E-state index contributed by atoms with van der Waals surface area (Å²) in [5.41, 5.74) is 0. The summed E-state index contributed by atoms with van der Waals surface area (Å²) in [5, 5.41) is 2.03. The van der Waals surface area contributed by atoms with Crippen molar-refractivity contribution in [1.82, 2.24) is 0 Å². The molecule has 0 amide bonds. The molecule has 0 radical (unpaired) electrons. The highest BCUT2D eigenvalue weighted by Crippen LogP contribution is 2.23. The second-order valence-corrected chi connectivity index (χ2v) is 5.14. The first-order valence-electron chi connectivity index (χ1n) is 4.47. The van der Waals surface area contributed by atoms with Crippen LogP contribution >= 0.6 is 27.3 Å². The first kappa shape index (κ1) is 10.6. The molecule has 2 aromatic heterocycles. The van der Waals surface area contributed by atoms with Crippen LogP contribution in [0.2, 0.25) is 0 Å². The zero-order valence-corrected chi connectivity index (χ0v) is 10.5. The Bertz CT molecular complexity index is 484. The zero-order chi connectivity index (χ0) is 10.8. The van der Waals surface area contributed by atoms with Crippen molar-refractivity contribution < 1.29 is 9.21 Å². The topological polar surface area (TPSA) is 30.2 Å². The normalized spacial score (nSPS) is 10.5. The Morgan fingerprint density at radius 2 is 2.33 bits per heavy atom. The fourth-order valence-corrected chi connectivity index (χ4v) is 2.74. The van der Waals surface area contributed by atoms with Crippen LogP contribution in [0.5, 0.6) is 0 Å². The van der Waals surface area contributed by atoms with E-state index in [1.807, 2.05) is 11.4 Å². The molecule has 0 aliphatic carbocycles. The van der Waals surface area contributed by atoms with E-state index in [9.17, 15) is 4.79 Å². The fraction of sp³-hybridized carbons (Fsp3) is 0.182. The van der Waals surface area contributed by atoms with Crippen molar-refractivity contribution in [2.24, 2.45) is 0 Å². The van der Waals surface area contributed by atoms with Crippen molar-refractivity contribution in [3.63, 3.8) is 0 Å². The SMILES string of the molecule is CC(=O)c1ccc(Cc2cc(Br)cs2)o1. The third kappa shape index (κ3) is 2.58. The van der Waals surface area contributed by atoms with Crippen LogP contribution in [0, 0.1) is 0 Å². The Balaban J connectivity index is 2.14. The van der Waals surface area contributed by atoms with Crippen LogP contribution in [0.15, 0.2) is 32.5 Å². The highest BCUT2D eigenvalue weighted by atomic mass is 79.9. The van der Waals surface area contributed by atoms with E-state index in [0.29, 0.717) is 5.76 Å². The maximum atomic E-state index is 11.0. The number of carbonyl (C=O) groups excluding carboxylic acids is 1. The van der Waals surface area contributed by atoms with Crippen LogP contribution in [-0.4, -0.2) is 5.78 Å². The lowest BCUT2D eigenvalue weighted by atomic mass is 10.3. The lowest BCUT2D eigenvalue weighted by molar-refractivity contribution is 0.0985. The van der Waals surface area contributed by atoms with Gasteiger partial charge in [-0.3, -0.25) is 4.79 Å². The Morgan fingerprint density at radius 1 is 1.53 bits per heavy atom. The van der Waals surface area contributed by atoms with Crippen molar-refractivity contribution >= 4 is 33.0 Å². The summed E-state index contributed by atoms with van der Waals surface area (Å²) < 4.78 is 6.48. The maximum Gasteiger partial charge on any atom is 0.194 e. The third-order valence-electron chi connectivity index (χ3n) is 1.98. The number of furan rings is 1. The molecular formula is C11H9BrO2S. The van der Waals surface area contributed by atoms with E-state index in [-0.39, 0.29) is 5.78 Å². The van der Waals surface area contributed by atoms with E-state index >= 15 is 0 Å². The molecule has 0 aliphatic rings. The fourth-order valence-electron chi connectivity index (χ4n) is 1.28. The molecule has 2 aromatic rings. The second kappa shape index (κ2) is 4.33. The summed E-state index contributed by atoms with van der Waals surface area (Å²) in [6.45, 7) is 1.50. The van der Waals surface area contributed by atoms with Crippen molar-refractivity contribution in [2.75, 3.05) is 0 Å². The molecule has 0 fully saturated rings. The van der Waals surface area contributed by atoms with Gasteiger partial charge < -0.3 is 4.42 Å². The number of hydrogen-bond donors (Lipinski definition) is 0. The van der Waals surface area contributed by atoms with Crippen LogP contribution in [0.1, 0.15) is 28.1 Å². The molecule has 0 bridgehead atoms. The lowest BCUT2D eigenvalue weighted by Gasteiger charge is -1.92. The van der Waals surface area contributed by atoms with E-state index in [1.54, 1.807) is 17.4 Å². The van der Waals surface area contributed by atoms with Crippen molar-refractivity contribution in [3.8, 4) is 0 Å². The molecule has 0 unspecified atom stereocenters. The van der Waals surface area contributed by atoms with Gasteiger partial charge in [0.1, 0.15) is 5.76 Å². The number of rotatable bonds is 3. The molecule has 2 heterocycles. The molecule has 0 saturated heterocycles. The van der Waals surface area contributed by atoms with Gasteiger partial charge in [0.2, 0.25) is 0 Å². The highest BCUT2D eigenvalue weighted by Gasteiger charge is 2.07. The number of Topliss-reactive ketones (excluding diaryl/α,β-unsaturated/α-hetero) is 1. The average Bonchev–Trinajstić information content (AvgIpc) is 2.76. The van der Waals surface area contributed by atoms with Gasteiger partial charge in [0.15, 0.2) is 11.5 Å². The number of halogens is 1. The summed E-state index contributed by atoms with van der Waals surface area (Å²) in [4.78, 5) is 12.2. The molecule has 0 aromatic carbocycles. The van der Waals surface area contributed by atoms with Gasteiger partial charge in [0.05, 0.1) is 0 Å². The molecule has 2 rings (SSSR count). The Morgan fingerprint density at radius 3 is 2.87 bits per heavy atom. The number of thiophene rings is 1. The van der Waals surface area contributed by atoms with Crippen LogP contribution in [0.3, 0.4) is 0 Å². The van der Waals surface area contributed by atoms with Crippen LogP contribution in [0.25, 0.3) is 0 Å². The first-order chi connectivity index (χ1) is 7.15.